The highest BCUT2D eigenvalue weighted by molar-refractivity contribution is 6.30. The first-order chi connectivity index (χ1) is 8.20. The van der Waals surface area contributed by atoms with Crippen molar-refractivity contribution < 1.29 is 13.9 Å². The molecule has 0 N–H and O–H groups in total. The number of hydrogen-bond acceptors (Lipinski definition) is 3. The maximum absolute atomic E-state index is 13.4. The van der Waals surface area contributed by atoms with Crippen LogP contribution in [0.3, 0.4) is 0 Å². The van der Waals surface area contributed by atoms with Crippen LogP contribution in [0.2, 0.25) is 5.02 Å². The van der Waals surface area contributed by atoms with Crippen molar-refractivity contribution in [1.82, 2.24) is 4.98 Å². The largest absolute Gasteiger partial charge is 0.435 e. The maximum Gasteiger partial charge on any atom is 0.229 e. The fourth-order valence-corrected chi connectivity index (χ4v) is 1.40. The van der Waals surface area contributed by atoms with E-state index in [9.17, 15) is 9.18 Å². The fraction of sp³-hybridized carbons (Fsp3) is 0. The molecule has 0 spiro atoms. The van der Waals surface area contributed by atoms with Gasteiger partial charge in [-0.15, -0.1) is 0 Å². The van der Waals surface area contributed by atoms with Gasteiger partial charge < -0.3 is 4.74 Å². The first kappa shape index (κ1) is 11.5. The molecule has 0 aliphatic carbocycles. The third-order valence-electron chi connectivity index (χ3n) is 2.03. The van der Waals surface area contributed by atoms with Gasteiger partial charge in [-0.25, -0.2) is 9.37 Å². The van der Waals surface area contributed by atoms with E-state index in [2.05, 4.69) is 4.98 Å². The molecule has 0 saturated carbocycles. The number of nitrogens with zero attached hydrogens (tertiary/aromatic N) is 1. The Kier molecular flexibility index (Phi) is 3.35. The third-order valence-corrected chi connectivity index (χ3v) is 2.26. The molecule has 0 aliphatic rings. The summed E-state index contributed by atoms with van der Waals surface area (Å²) < 4.78 is 18.7. The number of carbonyl (C=O) groups excluding carboxylic acids is 1. The quantitative estimate of drug-likeness (QED) is 0.784. The van der Waals surface area contributed by atoms with Crippen molar-refractivity contribution in [3.05, 3.63) is 52.9 Å². The molecule has 1 heterocycles. The lowest BCUT2D eigenvalue weighted by molar-refractivity contribution is 0.112. The van der Waals surface area contributed by atoms with Gasteiger partial charge in [-0.05, 0) is 30.3 Å². The normalized spacial score (nSPS) is 10.0. The minimum Gasteiger partial charge on any atom is -0.435 e. The van der Waals surface area contributed by atoms with Crippen molar-refractivity contribution in [3.8, 4) is 11.6 Å². The van der Waals surface area contributed by atoms with Crippen LogP contribution in [0.4, 0.5) is 4.39 Å². The SMILES string of the molecule is O=Cc1cccnc1Oc1ccc(Cl)cc1F. The van der Waals surface area contributed by atoms with E-state index in [1.165, 1.54) is 24.4 Å². The van der Waals surface area contributed by atoms with E-state index in [1.807, 2.05) is 0 Å². The third kappa shape index (κ3) is 2.60. The number of hydrogen-bond donors (Lipinski definition) is 0. The van der Waals surface area contributed by atoms with E-state index < -0.39 is 5.82 Å². The van der Waals surface area contributed by atoms with E-state index in [-0.39, 0.29) is 22.2 Å². The van der Waals surface area contributed by atoms with Gasteiger partial charge >= 0.3 is 0 Å². The van der Waals surface area contributed by atoms with Crippen LogP contribution in [0.5, 0.6) is 11.6 Å². The zero-order valence-electron chi connectivity index (χ0n) is 8.56. The second-order valence-electron chi connectivity index (χ2n) is 3.19. The van der Waals surface area contributed by atoms with Crippen molar-refractivity contribution in [2.75, 3.05) is 0 Å². The highest BCUT2D eigenvalue weighted by Crippen LogP contribution is 2.26. The zero-order valence-corrected chi connectivity index (χ0v) is 9.32. The smallest absolute Gasteiger partial charge is 0.229 e. The zero-order chi connectivity index (χ0) is 12.3. The summed E-state index contributed by atoms with van der Waals surface area (Å²) in [6.07, 6.45) is 2.05. The highest BCUT2D eigenvalue weighted by Gasteiger charge is 2.09. The number of pyridine rings is 1. The Morgan fingerprint density at radius 3 is 2.88 bits per heavy atom. The Morgan fingerprint density at radius 1 is 1.35 bits per heavy atom. The number of ether oxygens (including phenoxy) is 1. The molecular formula is C12H7ClFNO2. The first-order valence-corrected chi connectivity index (χ1v) is 5.11. The van der Waals surface area contributed by atoms with Crippen LogP contribution >= 0.6 is 11.6 Å². The second kappa shape index (κ2) is 4.93. The fourth-order valence-electron chi connectivity index (χ4n) is 1.24. The molecule has 0 atom stereocenters. The van der Waals surface area contributed by atoms with Crippen molar-refractivity contribution in [2.24, 2.45) is 0 Å². The van der Waals surface area contributed by atoms with Gasteiger partial charge in [-0.2, -0.15) is 0 Å². The predicted octanol–water partition coefficient (Wildman–Crippen LogP) is 3.48. The van der Waals surface area contributed by atoms with Crippen LogP contribution in [-0.2, 0) is 0 Å². The summed E-state index contributed by atoms with van der Waals surface area (Å²) in [6.45, 7) is 0. The molecule has 0 saturated heterocycles. The van der Waals surface area contributed by atoms with Gasteiger partial charge in [0.05, 0.1) is 5.56 Å². The van der Waals surface area contributed by atoms with Crippen LogP contribution in [-0.4, -0.2) is 11.3 Å². The van der Waals surface area contributed by atoms with Crippen molar-refractivity contribution in [3.63, 3.8) is 0 Å². The van der Waals surface area contributed by atoms with Crippen LogP contribution in [0.1, 0.15) is 10.4 Å². The molecular weight excluding hydrogens is 245 g/mol. The highest BCUT2D eigenvalue weighted by atomic mass is 35.5. The summed E-state index contributed by atoms with van der Waals surface area (Å²) in [7, 11) is 0. The lowest BCUT2D eigenvalue weighted by Gasteiger charge is -2.07. The molecule has 17 heavy (non-hydrogen) atoms. The molecule has 1 aromatic carbocycles. The van der Waals surface area contributed by atoms with Gasteiger partial charge in [0, 0.05) is 11.2 Å². The molecule has 0 fully saturated rings. The molecule has 0 radical (unpaired) electrons. The predicted molar refractivity (Wildman–Crippen MR) is 61.1 cm³/mol. The van der Waals surface area contributed by atoms with Crippen molar-refractivity contribution in [2.45, 2.75) is 0 Å². The molecule has 0 aliphatic heterocycles. The summed E-state index contributed by atoms with van der Waals surface area (Å²) in [4.78, 5) is 14.6. The van der Waals surface area contributed by atoms with Gasteiger partial charge in [0.15, 0.2) is 17.9 Å². The van der Waals surface area contributed by atoms with Gasteiger partial charge in [-0.1, -0.05) is 11.6 Å². The Bertz CT molecular complexity index is 560. The summed E-state index contributed by atoms with van der Waals surface area (Å²) >= 11 is 5.61. The maximum atomic E-state index is 13.4. The molecule has 5 heteroatoms. The minimum atomic E-state index is -0.611. The number of halogens is 2. The number of rotatable bonds is 3. The average molecular weight is 252 g/mol. The number of benzene rings is 1. The van der Waals surface area contributed by atoms with Gasteiger partial charge in [0.25, 0.3) is 0 Å². The van der Waals surface area contributed by atoms with Crippen LogP contribution in [0.25, 0.3) is 0 Å². The molecule has 0 amide bonds. The van der Waals surface area contributed by atoms with Crippen LogP contribution in [0, 0.1) is 5.82 Å². The molecule has 2 rings (SSSR count). The number of aromatic nitrogens is 1. The van der Waals surface area contributed by atoms with Crippen LogP contribution < -0.4 is 4.74 Å². The van der Waals surface area contributed by atoms with Gasteiger partial charge in [0.1, 0.15) is 0 Å². The molecule has 86 valence electrons. The molecule has 0 bridgehead atoms. The van der Waals surface area contributed by atoms with E-state index >= 15 is 0 Å². The van der Waals surface area contributed by atoms with E-state index in [1.54, 1.807) is 6.07 Å². The van der Waals surface area contributed by atoms with E-state index in [4.69, 9.17) is 16.3 Å². The Morgan fingerprint density at radius 2 is 2.18 bits per heavy atom. The average Bonchev–Trinajstić information content (AvgIpc) is 2.33. The van der Waals surface area contributed by atoms with Crippen LogP contribution in [0.15, 0.2) is 36.5 Å². The van der Waals surface area contributed by atoms with Crippen molar-refractivity contribution >= 4 is 17.9 Å². The van der Waals surface area contributed by atoms with Gasteiger partial charge in [-0.3, -0.25) is 4.79 Å². The number of carbonyl (C=O) groups is 1. The monoisotopic (exact) mass is 251 g/mol. The Hall–Kier alpha value is -1.94. The van der Waals surface area contributed by atoms with Gasteiger partial charge in [0.2, 0.25) is 5.88 Å². The van der Waals surface area contributed by atoms with Crippen molar-refractivity contribution in [1.29, 1.82) is 0 Å². The number of aldehydes is 1. The summed E-state index contributed by atoms with van der Waals surface area (Å²) in [5.41, 5.74) is 0.252. The standard InChI is InChI=1S/C12H7ClFNO2/c13-9-3-4-11(10(14)6-9)17-12-8(7-16)2-1-5-15-12/h1-7H. The summed E-state index contributed by atoms with van der Waals surface area (Å²) in [5, 5.41) is 0.270. The molecule has 3 nitrogen and oxygen atoms in total. The Labute approximate surface area is 102 Å². The Balaban J connectivity index is 2.34. The summed E-state index contributed by atoms with van der Waals surface area (Å²) in [5.74, 6) is -0.583. The first-order valence-electron chi connectivity index (χ1n) is 4.74. The molecule has 1 aromatic heterocycles. The molecule has 2 aromatic rings. The van der Waals surface area contributed by atoms with E-state index in [0.717, 1.165) is 6.07 Å². The second-order valence-corrected chi connectivity index (χ2v) is 3.63. The summed E-state index contributed by atoms with van der Waals surface area (Å²) in [6, 6.07) is 7.11. The lowest BCUT2D eigenvalue weighted by Crippen LogP contribution is -1.94. The minimum absolute atomic E-state index is 0.0313. The topological polar surface area (TPSA) is 39.2 Å². The molecule has 0 unspecified atom stereocenters. The van der Waals surface area contributed by atoms with E-state index in [0.29, 0.717) is 6.29 Å². The lowest BCUT2D eigenvalue weighted by atomic mass is 10.3.